The fraction of sp³-hybridized carbons (Fsp3) is 0.250. The number of methoxy groups -OCH3 is 2. The summed E-state index contributed by atoms with van der Waals surface area (Å²) in [7, 11) is -0.841. The SMILES string of the molecule is COc1ccc(OC)c(S(=O)(=O)NCCc2sc(-c3ccc(Cl)cc3)nc2C)c1. The van der Waals surface area contributed by atoms with E-state index in [9.17, 15) is 8.42 Å². The van der Waals surface area contributed by atoms with Gasteiger partial charge in [-0.15, -0.1) is 11.3 Å². The molecule has 154 valence electrons. The lowest BCUT2D eigenvalue weighted by Gasteiger charge is -2.12. The van der Waals surface area contributed by atoms with Crippen LogP contribution >= 0.6 is 22.9 Å². The number of hydrogen-bond donors (Lipinski definition) is 1. The Balaban J connectivity index is 1.72. The highest BCUT2D eigenvalue weighted by molar-refractivity contribution is 7.89. The van der Waals surface area contributed by atoms with Crippen molar-refractivity contribution in [2.45, 2.75) is 18.2 Å². The molecule has 6 nitrogen and oxygen atoms in total. The predicted octanol–water partition coefficient (Wildman–Crippen LogP) is 4.31. The Morgan fingerprint density at radius 3 is 2.48 bits per heavy atom. The number of aromatic nitrogens is 1. The maximum absolute atomic E-state index is 12.7. The number of nitrogens with one attached hydrogen (secondary N) is 1. The smallest absolute Gasteiger partial charge is 0.244 e. The highest BCUT2D eigenvalue weighted by atomic mass is 35.5. The molecule has 3 rings (SSSR count). The second-order valence-corrected chi connectivity index (χ2v) is 9.45. The minimum absolute atomic E-state index is 0.0437. The van der Waals surface area contributed by atoms with Gasteiger partial charge < -0.3 is 9.47 Å². The zero-order valence-electron chi connectivity index (χ0n) is 16.2. The van der Waals surface area contributed by atoms with Crippen molar-refractivity contribution in [3.05, 3.63) is 58.1 Å². The lowest BCUT2D eigenvalue weighted by molar-refractivity contribution is 0.392. The van der Waals surface area contributed by atoms with Crippen LogP contribution in [0.5, 0.6) is 11.5 Å². The van der Waals surface area contributed by atoms with E-state index >= 15 is 0 Å². The first kappa shape index (κ1) is 21.6. The van der Waals surface area contributed by atoms with Gasteiger partial charge in [-0.2, -0.15) is 0 Å². The first-order chi connectivity index (χ1) is 13.8. The molecule has 0 aliphatic carbocycles. The number of ether oxygens (including phenoxy) is 2. The molecule has 1 heterocycles. The summed E-state index contributed by atoms with van der Waals surface area (Å²) in [6.07, 6.45) is 0.530. The van der Waals surface area contributed by atoms with Crippen molar-refractivity contribution >= 4 is 33.0 Å². The second kappa shape index (κ2) is 9.13. The van der Waals surface area contributed by atoms with Gasteiger partial charge in [0.15, 0.2) is 0 Å². The third-order valence-electron chi connectivity index (χ3n) is 4.29. The Hall–Kier alpha value is -2.13. The van der Waals surface area contributed by atoms with Gasteiger partial charge in [-0.05, 0) is 37.6 Å². The molecule has 0 saturated carbocycles. The van der Waals surface area contributed by atoms with Crippen LogP contribution in [0.25, 0.3) is 10.6 Å². The fourth-order valence-electron chi connectivity index (χ4n) is 2.75. The van der Waals surface area contributed by atoms with Crippen LogP contribution < -0.4 is 14.2 Å². The topological polar surface area (TPSA) is 77.5 Å². The third-order valence-corrected chi connectivity index (χ3v) is 7.29. The fourth-order valence-corrected chi connectivity index (χ4v) is 5.15. The second-order valence-electron chi connectivity index (χ2n) is 6.20. The predicted molar refractivity (Wildman–Crippen MR) is 116 cm³/mol. The van der Waals surface area contributed by atoms with Crippen molar-refractivity contribution in [1.29, 1.82) is 0 Å². The molecule has 0 atom stereocenters. The quantitative estimate of drug-likeness (QED) is 0.551. The molecule has 0 unspecified atom stereocenters. The Morgan fingerprint density at radius 2 is 1.83 bits per heavy atom. The lowest BCUT2D eigenvalue weighted by atomic mass is 10.2. The molecule has 3 aromatic rings. The highest BCUT2D eigenvalue weighted by Gasteiger charge is 2.20. The van der Waals surface area contributed by atoms with Gasteiger partial charge in [0.25, 0.3) is 0 Å². The average Bonchev–Trinajstić information content (AvgIpc) is 3.08. The van der Waals surface area contributed by atoms with Gasteiger partial charge in [-0.25, -0.2) is 18.1 Å². The maximum Gasteiger partial charge on any atom is 0.244 e. The summed E-state index contributed by atoms with van der Waals surface area (Å²) in [5, 5.41) is 1.55. The number of nitrogens with zero attached hydrogens (tertiary/aromatic N) is 1. The Morgan fingerprint density at radius 1 is 1.10 bits per heavy atom. The summed E-state index contributed by atoms with van der Waals surface area (Å²) in [5.74, 6) is 0.703. The van der Waals surface area contributed by atoms with Crippen LogP contribution in [0.3, 0.4) is 0 Å². The van der Waals surface area contributed by atoms with Gasteiger partial charge in [0.2, 0.25) is 10.0 Å². The number of rotatable bonds is 8. The molecule has 1 N–H and O–H groups in total. The maximum atomic E-state index is 12.7. The molecular formula is C20H21ClN2O4S2. The van der Waals surface area contributed by atoms with Crippen LogP contribution in [0.2, 0.25) is 5.02 Å². The number of aryl methyl sites for hydroxylation is 1. The summed E-state index contributed by atoms with van der Waals surface area (Å²) in [4.78, 5) is 5.66. The molecule has 0 radical (unpaired) electrons. The Kier molecular flexibility index (Phi) is 6.79. The van der Waals surface area contributed by atoms with Crippen molar-refractivity contribution in [2.75, 3.05) is 20.8 Å². The van der Waals surface area contributed by atoms with E-state index in [4.69, 9.17) is 21.1 Å². The van der Waals surface area contributed by atoms with Crippen molar-refractivity contribution < 1.29 is 17.9 Å². The molecule has 29 heavy (non-hydrogen) atoms. The van der Waals surface area contributed by atoms with E-state index in [1.807, 2.05) is 31.2 Å². The van der Waals surface area contributed by atoms with E-state index < -0.39 is 10.0 Å². The van der Waals surface area contributed by atoms with Gasteiger partial charge in [-0.1, -0.05) is 23.7 Å². The molecule has 1 aromatic heterocycles. The van der Waals surface area contributed by atoms with Crippen molar-refractivity contribution in [3.8, 4) is 22.1 Å². The molecular weight excluding hydrogens is 432 g/mol. The van der Waals surface area contributed by atoms with Crippen LogP contribution in [-0.4, -0.2) is 34.2 Å². The van der Waals surface area contributed by atoms with Crippen LogP contribution in [0.15, 0.2) is 47.4 Å². The Labute approximate surface area is 179 Å². The monoisotopic (exact) mass is 452 g/mol. The third kappa shape index (κ3) is 5.08. The number of benzene rings is 2. The van der Waals surface area contributed by atoms with E-state index in [1.165, 1.54) is 20.3 Å². The van der Waals surface area contributed by atoms with E-state index in [1.54, 1.807) is 23.5 Å². The lowest BCUT2D eigenvalue weighted by Crippen LogP contribution is -2.26. The summed E-state index contributed by atoms with van der Waals surface area (Å²) >= 11 is 7.48. The Bertz CT molecular complexity index is 1100. The van der Waals surface area contributed by atoms with Crippen molar-refractivity contribution in [3.63, 3.8) is 0 Å². The summed E-state index contributed by atoms with van der Waals surface area (Å²) in [5.41, 5.74) is 1.87. The van der Waals surface area contributed by atoms with E-state index in [0.717, 1.165) is 21.1 Å². The number of halogens is 1. The zero-order chi connectivity index (χ0) is 21.0. The molecule has 9 heteroatoms. The summed E-state index contributed by atoms with van der Waals surface area (Å²) in [6, 6.07) is 12.1. The van der Waals surface area contributed by atoms with Crippen LogP contribution in [0.1, 0.15) is 10.6 Å². The van der Waals surface area contributed by atoms with Crippen molar-refractivity contribution in [2.24, 2.45) is 0 Å². The van der Waals surface area contributed by atoms with Crippen molar-refractivity contribution in [1.82, 2.24) is 9.71 Å². The summed E-state index contributed by atoms with van der Waals surface area (Å²) in [6.45, 7) is 2.16. The first-order valence-corrected chi connectivity index (χ1v) is 11.5. The molecule has 0 aliphatic heterocycles. The van der Waals surface area contributed by atoms with Crippen LogP contribution in [0.4, 0.5) is 0 Å². The number of hydrogen-bond acceptors (Lipinski definition) is 6. The molecule has 0 aliphatic rings. The normalized spacial score (nSPS) is 11.4. The minimum atomic E-state index is -3.75. The average molecular weight is 453 g/mol. The van der Waals surface area contributed by atoms with E-state index in [2.05, 4.69) is 9.71 Å². The molecule has 0 saturated heterocycles. The zero-order valence-corrected chi connectivity index (χ0v) is 18.6. The number of thiazole rings is 1. The molecule has 2 aromatic carbocycles. The van der Waals surface area contributed by atoms with Gasteiger partial charge in [0.05, 0.1) is 19.9 Å². The minimum Gasteiger partial charge on any atom is -0.497 e. The highest BCUT2D eigenvalue weighted by Crippen LogP contribution is 2.30. The molecule has 0 amide bonds. The van der Waals surface area contributed by atoms with E-state index in [-0.39, 0.29) is 17.2 Å². The standard InChI is InChI=1S/C20H21ClN2O4S2/c1-13-18(28-20(23-13)14-4-6-15(21)7-5-14)10-11-22-29(24,25)19-12-16(26-2)8-9-17(19)27-3/h4-9,12,22H,10-11H2,1-3H3. The van der Waals surface area contributed by atoms with Gasteiger partial charge >= 0.3 is 0 Å². The number of sulfonamides is 1. The van der Waals surface area contributed by atoms with Gasteiger partial charge in [0, 0.05) is 28.1 Å². The van der Waals surface area contributed by atoms with E-state index in [0.29, 0.717) is 17.2 Å². The van der Waals surface area contributed by atoms with Gasteiger partial charge in [0.1, 0.15) is 21.4 Å². The molecule has 0 bridgehead atoms. The first-order valence-electron chi connectivity index (χ1n) is 8.78. The molecule has 0 spiro atoms. The van der Waals surface area contributed by atoms with Crippen LogP contribution in [0, 0.1) is 6.92 Å². The van der Waals surface area contributed by atoms with Gasteiger partial charge in [-0.3, -0.25) is 0 Å². The molecule has 0 fully saturated rings. The summed E-state index contributed by atoms with van der Waals surface area (Å²) < 4.78 is 38.4. The largest absolute Gasteiger partial charge is 0.497 e. The van der Waals surface area contributed by atoms with Crippen LogP contribution in [-0.2, 0) is 16.4 Å².